The molecule has 0 spiro atoms. The Morgan fingerprint density at radius 2 is 1.32 bits per heavy atom. The molecule has 2 saturated carbocycles. The van der Waals surface area contributed by atoms with Gasteiger partial charge in [-0.05, 0) is 57.6 Å². The third-order valence-electron chi connectivity index (χ3n) is 4.67. The summed E-state index contributed by atoms with van der Waals surface area (Å²) in [5.41, 5.74) is 0. The van der Waals surface area contributed by atoms with Gasteiger partial charge in [0.25, 0.3) is 0 Å². The molecular weight excluding hydrogens is 271 g/mol. The Labute approximate surface area is 118 Å². The van der Waals surface area contributed by atoms with E-state index in [-0.39, 0.29) is 0 Å². The van der Waals surface area contributed by atoms with Crippen LogP contribution in [0.4, 0.5) is 13.2 Å². The lowest BCUT2D eigenvalue weighted by molar-refractivity contribution is -0.182. The van der Waals surface area contributed by atoms with Crippen LogP contribution in [0.5, 0.6) is 0 Å². The molecule has 0 unspecified atom stereocenters. The fourth-order valence-corrected chi connectivity index (χ4v) is 4.13. The molecule has 2 aliphatic carbocycles. The van der Waals surface area contributed by atoms with Crippen molar-refractivity contribution < 1.29 is 13.2 Å². The number of rotatable bonds is 3. The highest BCUT2D eigenvalue weighted by Gasteiger charge is 2.41. The zero-order chi connectivity index (χ0) is 13.9. The van der Waals surface area contributed by atoms with Crippen LogP contribution in [0.15, 0.2) is 0 Å². The maximum atomic E-state index is 12.6. The second-order valence-corrected chi connectivity index (χ2v) is 7.10. The lowest BCUT2D eigenvalue weighted by atomic mass is 9.84. The summed E-state index contributed by atoms with van der Waals surface area (Å²) in [6.07, 6.45) is 5.03. The number of nitrogens with one attached hydrogen (secondary N) is 1. The molecule has 2 fully saturated rings. The van der Waals surface area contributed by atoms with Crippen molar-refractivity contribution in [1.82, 2.24) is 5.32 Å². The van der Waals surface area contributed by atoms with Gasteiger partial charge in [0.2, 0.25) is 0 Å². The largest absolute Gasteiger partial charge is 0.391 e. The minimum atomic E-state index is -3.98. The first-order chi connectivity index (χ1) is 8.99. The summed E-state index contributed by atoms with van der Waals surface area (Å²) >= 11 is 1.94. The molecular formula is C14H24F3NS. The standard InChI is InChI=1S/C14H24F3NS/c1-19-13-8-6-12(7-9-13)18-11-4-2-10(3-5-11)14(15,16)17/h10-13,18H,2-9H2,1H3. The first kappa shape index (κ1) is 15.5. The molecule has 0 atom stereocenters. The smallest absolute Gasteiger partial charge is 0.311 e. The van der Waals surface area contributed by atoms with Crippen LogP contribution in [0.25, 0.3) is 0 Å². The van der Waals surface area contributed by atoms with E-state index in [1.807, 2.05) is 11.8 Å². The Morgan fingerprint density at radius 1 is 0.842 bits per heavy atom. The second-order valence-electron chi connectivity index (χ2n) is 5.97. The molecule has 0 saturated heterocycles. The van der Waals surface area contributed by atoms with Gasteiger partial charge in [-0.25, -0.2) is 0 Å². The third kappa shape index (κ3) is 4.55. The molecule has 5 heteroatoms. The molecule has 112 valence electrons. The summed E-state index contributed by atoms with van der Waals surface area (Å²) in [6.45, 7) is 0. The maximum Gasteiger partial charge on any atom is 0.391 e. The van der Waals surface area contributed by atoms with Crippen molar-refractivity contribution in [1.29, 1.82) is 0 Å². The predicted octanol–water partition coefficient (Wildman–Crippen LogP) is 4.37. The predicted molar refractivity (Wildman–Crippen MR) is 74.5 cm³/mol. The summed E-state index contributed by atoms with van der Waals surface area (Å²) in [6, 6.07) is 0.852. The lowest BCUT2D eigenvalue weighted by Crippen LogP contribution is -2.43. The van der Waals surface area contributed by atoms with Crippen molar-refractivity contribution in [3.63, 3.8) is 0 Å². The maximum absolute atomic E-state index is 12.6. The van der Waals surface area contributed by atoms with Crippen LogP contribution in [0.1, 0.15) is 51.4 Å². The van der Waals surface area contributed by atoms with Gasteiger partial charge < -0.3 is 5.32 Å². The molecule has 2 aliphatic rings. The first-order valence-corrected chi connectivity index (χ1v) is 8.63. The van der Waals surface area contributed by atoms with Crippen LogP contribution in [-0.2, 0) is 0 Å². The van der Waals surface area contributed by atoms with Gasteiger partial charge in [0, 0.05) is 17.3 Å². The van der Waals surface area contributed by atoms with E-state index in [1.165, 1.54) is 25.7 Å². The van der Waals surface area contributed by atoms with Crippen LogP contribution in [0, 0.1) is 5.92 Å². The van der Waals surface area contributed by atoms with E-state index in [2.05, 4.69) is 11.6 Å². The molecule has 0 aliphatic heterocycles. The Bertz CT molecular complexity index is 266. The summed E-state index contributed by atoms with van der Waals surface area (Å²) < 4.78 is 37.8. The van der Waals surface area contributed by atoms with Gasteiger partial charge in [0.05, 0.1) is 5.92 Å². The van der Waals surface area contributed by atoms with Gasteiger partial charge in [0.1, 0.15) is 0 Å². The summed E-state index contributed by atoms with van der Waals surface area (Å²) in [7, 11) is 0. The minimum Gasteiger partial charge on any atom is -0.311 e. The average molecular weight is 295 g/mol. The zero-order valence-electron chi connectivity index (χ0n) is 11.5. The van der Waals surface area contributed by atoms with E-state index >= 15 is 0 Å². The van der Waals surface area contributed by atoms with E-state index in [0.717, 1.165) is 5.25 Å². The number of hydrogen-bond donors (Lipinski definition) is 1. The molecule has 0 bridgehead atoms. The molecule has 19 heavy (non-hydrogen) atoms. The van der Waals surface area contributed by atoms with Crippen molar-refractivity contribution in [2.75, 3.05) is 6.26 Å². The molecule has 1 N–H and O–H groups in total. The van der Waals surface area contributed by atoms with E-state index in [4.69, 9.17) is 0 Å². The highest BCUT2D eigenvalue weighted by Crippen LogP contribution is 2.38. The first-order valence-electron chi connectivity index (χ1n) is 7.34. The fraction of sp³-hybridized carbons (Fsp3) is 1.00. The molecule has 1 nitrogen and oxygen atoms in total. The van der Waals surface area contributed by atoms with Crippen LogP contribution >= 0.6 is 11.8 Å². The van der Waals surface area contributed by atoms with Gasteiger partial charge >= 0.3 is 6.18 Å². The molecule has 2 rings (SSSR count). The zero-order valence-corrected chi connectivity index (χ0v) is 12.3. The minimum absolute atomic E-state index is 0.307. The molecule has 0 heterocycles. The Kier molecular flexibility index (Phi) is 5.46. The van der Waals surface area contributed by atoms with E-state index in [9.17, 15) is 13.2 Å². The summed E-state index contributed by atoms with van der Waals surface area (Å²) in [4.78, 5) is 0. The SMILES string of the molecule is CSC1CCC(NC2CCC(C(F)(F)F)CC2)CC1. The van der Waals surface area contributed by atoms with Crippen LogP contribution < -0.4 is 5.32 Å². The fourth-order valence-electron chi connectivity index (χ4n) is 3.39. The highest BCUT2D eigenvalue weighted by atomic mass is 32.2. The third-order valence-corrected chi connectivity index (χ3v) is 5.81. The van der Waals surface area contributed by atoms with Crippen molar-refractivity contribution >= 4 is 11.8 Å². The molecule has 0 amide bonds. The normalized spacial score (nSPS) is 37.3. The van der Waals surface area contributed by atoms with Crippen molar-refractivity contribution in [3.05, 3.63) is 0 Å². The van der Waals surface area contributed by atoms with E-state index in [0.29, 0.717) is 37.8 Å². The van der Waals surface area contributed by atoms with Gasteiger partial charge in [-0.15, -0.1) is 0 Å². The van der Waals surface area contributed by atoms with Crippen LogP contribution in [0.2, 0.25) is 0 Å². The van der Waals surface area contributed by atoms with Crippen molar-refractivity contribution in [3.8, 4) is 0 Å². The summed E-state index contributed by atoms with van der Waals surface area (Å²) in [5.74, 6) is -1.06. The second kappa shape index (κ2) is 6.70. The van der Waals surface area contributed by atoms with E-state index in [1.54, 1.807) is 0 Å². The Balaban J connectivity index is 1.69. The number of alkyl halides is 3. The van der Waals surface area contributed by atoms with Crippen LogP contribution in [0.3, 0.4) is 0 Å². The number of thioether (sulfide) groups is 1. The monoisotopic (exact) mass is 295 g/mol. The Morgan fingerprint density at radius 3 is 1.74 bits per heavy atom. The quantitative estimate of drug-likeness (QED) is 0.829. The molecule has 0 aromatic heterocycles. The molecule has 0 aromatic rings. The average Bonchev–Trinajstić information content (AvgIpc) is 2.39. The number of halogens is 3. The topological polar surface area (TPSA) is 12.0 Å². The van der Waals surface area contributed by atoms with Gasteiger partial charge in [-0.2, -0.15) is 24.9 Å². The van der Waals surface area contributed by atoms with Crippen LogP contribution in [-0.4, -0.2) is 29.8 Å². The van der Waals surface area contributed by atoms with Gasteiger partial charge in [0.15, 0.2) is 0 Å². The van der Waals surface area contributed by atoms with Crippen molar-refractivity contribution in [2.45, 2.75) is 74.9 Å². The van der Waals surface area contributed by atoms with E-state index < -0.39 is 12.1 Å². The molecule has 0 aromatic carbocycles. The van der Waals surface area contributed by atoms with Crippen molar-refractivity contribution in [2.24, 2.45) is 5.92 Å². The highest BCUT2D eigenvalue weighted by molar-refractivity contribution is 7.99. The van der Waals surface area contributed by atoms with Gasteiger partial charge in [-0.3, -0.25) is 0 Å². The summed E-state index contributed by atoms with van der Waals surface area (Å²) in [5, 5.41) is 4.39. The molecule has 0 radical (unpaired) electrons. The Hall–Kier alpha value is 0.100. The lowest BCUT2D eigenvalue weighted by Gasteiger charge is -2.35. The number of hydrogen-bond acceptors (Lipinski definition) is 2. The van der Waals surface area contributed by atoms with Gasteiger partial charge in [-0.1, -0.05) is 0 Å².